The Morgan fingerprint density at radius 1 is 1.41 bits per heavy atom. The van der Waals surface area contributed by atoms with Crippen LogP contribution in [0.1, 0.15) is 33.6 Å². The molecule has 7 heteroatoms. The van der Waals surface area contributed by atoms with Gasteiger partial charge in [-0.1, -0.05) is 0 Å². The summed E-state index contributed by atoms with van der Waals surface area (Å²) in [5, 5.41) is 14.8. The molecule has 0 aromatic carbocycles. The lowest BCUT2D eigenvalue weighted by Gasteiger charge is -2.31. The van der Waals surface area contributed by atoms with Crippen LogP contribution in [0.5, 0.6) is 0 Å². The molecule has 22 heavy (non-hydrogen) atoms. The van der Waals surface area contributed by atoms with E-state index in [9.17, 15) is 9.59 Å². The fraction of sp³-hybridized carbons (Fsp3) is 0.667. The fourth-order valence-electron chi connectivity index (χ4n) is 2.13. The van der Waals surface area contributed by atoms with Crippen molar-refractivity contribution < 1.29 is 14.3 Å². The van der Waals surface area contributed by atoms with Crippen LogP contribution in [0.15, 0.2) is 11.8 Å². The minimum absolute atomic E-state index is 0.0166. The van der Waals surface area contributed by atoms with Crippen LogP contribution in [-0.4, -0.2) is 48.7 Å². The number of piperidine rings is 1. The molecule has 0 aliphatic carbocycles. The highest BCUT2D eigenvalue weighted by molar-refractivity contribution is 5.97. The molecule has 0 spiro atoms. The maximum atomic E-state index is 11.8. The molecular weight excluding hydrogens is 284 g/mol. The second-order valence-electron chi connectivity index (χ2n) is 5.42. The summed E-state index contributed by atoms with van der Waals surface area (Å²) in [5.74, 6) is -0.381. The highest BCUT2D eigenvalue weighted by Gasteiger charge is 2.23. The van der Waals surface area contributed by atoms with Gasteiger partial charge in [-0.3, -0.25) is 4.79 Å². The molecule has 1 saturated heterocycles. The van der Waals surface area contributed by atoms with E-state index in [1.807, 2.05) is 19.9 Å². The molecule has 2 N–H and O–H groups in total. The summed E-state index contributed by atoms with van der Waals surface area (Å²) in [6, 6.07) is 2.02. The van der Waals surface area contributed by atoms with Crippen molar-refractivity contribution in [2.75, 3.05) is 19.7 Å². The molecule has 2 amide bonds. The Morgan fingerprint density at radius 3 is 2.55 bits per heavy atom. The lowest BCUT2D eigenvalue weighted by Crippen LogP contribution is -2.44. The zero-order valence-electron chi connectivity index (χ0n) is 13.4. The molecule has 1 aliphatic rings. The molecular formula is C15H24N4O3. The first-order valence-corrected chi connectivity index (χ1v) is 7.56. The van der Waals surface area contributed by atoms with Gasteiger partial charge in [-0.05, 0) is 33.6 Å². The Hall–Kier alpha value is -2.23. The normalized spacial score (nSPS) is 16.1. The highest BCUT2D eigenvalue weighted by Crippen LogP contribution is 2.11. The Kier molecular flexibility index (Phi) is 7.23. The van der Waals surface area contributed by atoms with Gasteiger partial charge >= 0.3 is 6.09 Å². The maximum Gasteiger partial charge on any atom is 0.409 e. The second-order valence-corrected chi connectivity index (χ2v) is 5.42. The van der Waals surface area contributed by atoms with Gasteiger partial charge in [-0.25, -0.2) is 4.79 Å². The van der Waals surface area contributed by atoms with E-state index in [4.69, 9.17) is 10.00 Å². The number of nitriles is 1. The molecule has 122 valence electrons. The number of ether oxygens (including phenoxy) is 1. The Morgan fingerprint density at radius 2 is 2.05 bits per heavy atom. The summed E-state index contributed by atoms with van der Waals surface area (Å²) in [7, 11) is 0. The van der Waals surface area contributed by atoms with E-state index in [2.05, 4.69) is 10.6 Å². The minimum Gasteiger partial charge on any atom is -0.450 e. The molecule has 1 heterocycles. The number of nitrogens with one attached hydrogen (secondary N) is 2. The first-order valence-electron chi connectivity index (χ1n) is 7.56. The average Bonchev–Trinajstić information content (AvgIpc) is 2.48. The van der Waals surface area contributed by atoms with Crippen molar-refractivity contribution in [2.24, 2.45) is 0 Å². The number of hydrogen-bond acceptors (Lipinski definition) is 5. The standard InChI is InChI=1S/C15H24N4O3/c1-4-22-15(21)19-7-5-13(6-8-19)17-10-12(9-16)14(20)18-11(2)3/h10-11,13,17H,4-8H2,1-3H3,(H,18,20)/b12-10-. The number of carbonyl (C=O) groups excluding carboxylic acids is 2. The van der Waals surface area contributed by atoms with Gasteiger partial charge in [0, 0.05) is 31.4 Å². The number of amides is 2. The van der Waals surface area contributed by atoms with Crippen molar-refractivity contribution in [3.63, 3.8) is 0 Å². The molecule has 0 saturated carbocycles. The van der Waals surface area contributed by atoms with Crippen molar-refractivity contribution in [2.45, 2.75) is 45.7 Å². The largest absolute Gasteiger partial charge is 0.450 e. The van der Waals surface area contributed by atoms with Crippen molar-refractivity contribution in [3.05, 3.63) is 11.8 Å². The zero-order valence-corrected chi connectivity index (χ0v) is 13.4. The smallest absolute Gasteiger partial charge is 0.409 e. The van der Waals surface area contributed by atoms with Crippen molar-refractivity contribution >= 4 is 12.0 Å². The summed E-state index contributed by atoms with van der Waals surface area (Å²) < 4.78 is 4.96. The van der Waals surface area contributed by atoms with Crippen LogP contribution in [0, 0.1) is 11.3 Å². The summed E-state index contributed by atoms with van der Waals surface area (Å²) in [6.07, 6.45) is 2.67. The first kappa shape index (κ1) is 17.8. The van der Waals surface area contributed by atoms with Gasteiger partial charge in [-0.15, -0.1) is 0 Å². The Bertz CT molecular complexity index is 460. The van der Waals surface area contributed by atoms with E-state index in [0.29, 0.717) is 19.7 Å². The third kappa shape index (κ3) is 5.64. The van der Waals surface area contributed by atoms with Gasteiger partial charge in [-0.2, -0.15) is 5.26 Å². The zero-order chi connectivity index (χ0) is 16.5. The van der Waals surface area contributed by atoms with Gasteiger partial charge < -0.3 is 20.3 Å². The van der Waals surface area contributed by atoms with Gasteiger partial charge in [0.25, 0.3) is 5.91 Å². The van der Waals surface area contributed by atoms with Crippen LogP contribution in [0.2, 0.25) is 0 Å². The summed E-state index contributed by atoms with van der Waals surface area (Å²) in [6.45, 7) is 7.03. The van der Waals surface area contributed by atoms with E-state index in [1.165, 1.54) is 6.20 Å². The monoisotopic (exact) mass is 308 g/mol. The lowest BCUT2D eigenvalue weighted by molar-refractivity contribution is -0.117. The SMILES string of the molecule is CCOC(=O)N1CCC(N/C=C(/C#N)C(=O)NC(C)C)CC1. The molecule has 7 nitrogen and oxygen atoms in total. The molecule has 0 aromatic rings. The maximum absolute atomic E-state index is 11.8. The third-order valence-electron chi connectivity index (χ3n) is 3.27. The topological polar surface area (TPSA) is 94.5 Å². The van der Waals surface area contributed by atoms with Gasteiger partial charge in [0.05, 0.1) is 6.61 Å². The quantitative estimate of drug-likeness (QED) is 0.586. The molecule has 1 aliphatic heterocycles. The minimum atomic E-state index is -0.381. The average molecular weight is 308 g/mol. The van der Waals surface area contributed by atoms with E-state index in [0.717, 1.165) is 12.8 Å². The number of rotatable bonds is 5. The van der Waals surface area contributed by atoms with Crippen LogP contribution in [0.25, 0.3) is 0 Å². The fourth-order valence-corrected chi connectivity index (χ4v) is 2.13. The summed E-state index contributed by atoms with van der Waals surface area (Å²) in [5.41, 5.74) is 0.0570. The summed E-state index contributed by atoms with van der Waals surface area (Å²) in [4.78, 5) is 25.0. The number of hydrogen-bond donors (Lipinski definition) is 2. The van der Waals surface area contributed by atoms with Gasteiger partial charge in [0.2, 0.25) is 0 Å². The Balaban J connectivity index is 2.46. The molecule has 1 rings (SSSR count). The molecule has 0 unspecified atom stereocenters. The molecule has 0 atom stereocenters. The Labute approximate surface area is 131 Å². The third-order valence-corrected chi connectivity index (χ3v) is 3.27. The van der Waals surface area contributed by atoms with Crippen molar-refractivity contribution in [1.29, 1.82) is 5.26 Å². The predicted octanol–water partition coefficient (Wildman–Crippen LogP) is 1.13. The van der Waals surface area contributed by atoms with Crippen molar-refractivity contribution in [3.8, 4) is 6.07 Å². The second kappa shape index (κ2) is 8.93. The van der Waals surface area contributed by atoms with Gasteiger partial charge in [0.15, 0.2) is 0 Å². The van der Waals surface area contributed by atoms with E-state index < -0.39 is 0 Å². The number of nitrogens with zero attached hydrogens (tertiary/aromatic N) is 2. The van der Waals surface area contributed by atoms with Crippen LogP contribution in [0.4, 0.5) is 4.79 Å². The lowest BCUT2D eigenvalue weighted by atomic mass is 10.1. The number of carbonyl (C=O) groups is 2. The molecule has 0 radical (unpaired) electrons. The van der Waals surface area contributed by atoms with Crippen LogP contribution < -0.4 is 10.6 Å². The summed E-state index contributed by atoms with van der Waals surface area (Å²) >= 11 is 0. The first-order chi connectivity index (χ1) is 10.5. The van der Waals surface area contributed by atoms with E-state index in [1.54, 1.807) is 11.8 Å². The van der Waals surface area contributed by atoms with Crippen LogP contribution >= 0.6 is 0 Å². The molecule has 0 aromatic heterocycles. The van der Waals surface area contributed by atoms with Crippen molar-refractivity contribution in [1.82, 2.24) is 15.5 Å². The van der Waals surface area contributed by atoms with Crippen LogP contribution in [0.3, 0.4) is 0 Å². The van der Waals surface area contributed by atoms with Crippen LogP contribution in [-0.2, 0) is 9.53 Å². The highest BCUT2D eigenvalue weighted by atomic mass is 16.6. The van der Waals surface area contributed by atoms with E-state index >= 15 is 0 Å². The molecule has 1 fully saturated rings. The molecule has 0 bridgehead atoms. The predicted molar refractivity (Wildman–Crippen MR) is 81.7 cm³/mol. The van der Waals surface area contributed by atoms with Gasteiger partial charge in [0.1, 0.15) is 11.6 Å². The van der Waals surface area contributed by atoms with E-state index in [-0.39, 0.29) is 29.7 Å². The number of likely N-dealkylation sites (tertiary alicyclic amines) is 1.